The number of morpholine rings is 1. The molecule has 0 unspecified atom stereocenters. The summed E-state index contributed by atoms with van der Waals surface area (Å²) in [5.74, 6) is 2.38. The number of carbonyl (C=O) groups is 1. The lowest BCUT2D eigenvalue weighted by molar-refractivity contribution is 0.122. The van der Waals surface area contributed by atoms with Crippen LogP contribution in [0.2, 0.25) is 0 Å². The van der Waals surface area contributed by atoms with Gasteiger partial charge in [-0.25, -0.2) is 14.8 Å². The number of nitrogens with one attached hydrogen (secondary N) is 3. The molecule has 0 radical (unpaired) electrons. The first-order chi connectivity index (χ1) is 14.7. The van der Waals surface area contributed by atoms with Gasteiger partial charge < -0.3 is 25.6 Å². The van der Waals surface area contributed by atoms with Gasteiger partial charge in [0.2, 0.25) is 0 Å². The zero-order chi connectivity index (χ0) is 20.8. The van der Waals surface area contributed by atoms with Crippen molar-refractivity contribution in [1.82, 2.24) is 15.3 Å². The summed E-state index contributed by atoms with van der Waals surface area (Å²) in [5.41, 5.74) is 1.67. The van der Waals surface area contributed by atoms with Crippen molar-refractivity contribution < 1.29 is 9.53 Å². The number of anilines is 4. The normalized spacial score (nSPS) is 17.4. The second-order valence-electron chi connectivity index (χ2n) is 7.89. The Balaban J connectivity index is 1.35. The molecule has 4 rings (SSSR count). The van der Waals surface area contributed by atoms with Crippen LogP contribution in [-0.2, 0) is 4.74 Å². The Morgan fingerprint density at radius 3 is 2.47 bits per heavy atom. The molecule has 1 aromatic carbocycles. The lowest BCUT2D eigenvalue weighted by atomic mass is 9.96. The lowest BCUT2D eigenvalue weighted by Gasteiger charge is -2.28. The van der Waals surface area contributed by atoms with Gasteiger partial charge >= 0.3 is 6.03 Å². The van der Waals surface area contributed by atoms with Crippen LogP contribution in [-0.4, -0.2) is 48.3 Å². The van der Waals surface area contributed by atoms with E-state index in [-0.39, 0.29) is 6.03 Å². The molecule has 8 heteroatoms. The topological polar surface area (TPSA) is 91.4 Å². The van der Waals surface area contributed by atoms with E-state index in [4.69, 9.17) is 4.74 Å². The van der Waals surface area contributed by atoms with E-state index in [1.165, 1.54) is 19.3 Å². The number of rotatable bonds is 5. The van der Waals surface area contributed by atoms with E-state index in [9.17, 15) is 4.79 Å². The highest BCUT2D eigenvalue weighted by Crippen LogP contribution is 2.22. The number of nitrogens with zero attached hydrogens (tertiary/aromatic N) is 3. The van der Waals surface area contributed by atoms with Gasteiger partial charge in [-0.2, -0.15) is 0 Å². The summed E-state index contributed by atoms with van der Waals surface area (Å²) in [4.78, 5) is 23.5. The van der Waals surface area contributed by atoms with Gasteiger partial charge in [-0.3, -0.25) is 0 Å². The van der Waals surface area contributed by atoms with E-state index in [0.717, 1.165) is 54.8 Å². The second kappa shape index (κ2) is 9.75. The van der Waals surface area contributed by atoms with Gasteiger partial charge in [0.1, 0.15) is 17.5 Å². The SMILES string of the molecule is Cc1nc(Nc2ccc(NC(=O)NC3CCCCC3)cc2)cc(N2CCOCC2)n1. The van der Waals surface area contributed by atoms with Crippen LogP contribution in [0.5, 0.6) is 0 Å². The second-order valence-corrected chi connectivity index (χ2v) is 7.89. The molecule has 8 nitrogen and oxygen atoms in total. The van der Waals surface area contributed by atoms with E-state index in [2.05, 4.69) is 30.8 Å². The number of urea groups is 1. The van der Waals surface area contributed by atoms with Crippen LogP contribution >= 0.6 is 0 Å². The summed E-state index contributed by atoms with van der Waals surface area (Å²) in [7, 11) is 0. The Labute approximate surface area is 177 Å². The molecular formula is C22H30N6O2. The third-order valence-electron chi connectivity index (χ3n) is 5.52. The number of hydrogen-bond donors (Lipinski definition) is 3. The summed E-state index contributed by atoms with van der Waals surface area (Å²) in [6, 6.07) is 9.76. The van der Waals surface area contributed by atoms with Crippen molar-refractivity contribution >= 4 is 29.0 Å². The highest BCUT2D eigenvalue weighted by atomic mass is 16.5. The summed E-state index contributed by atoms with van der Waals surface area (Å²) < 4.78 is 5.42. The number of aromatic nitrogens is 2. The molecule has 1 aliphatic carbocycles. The molecule has 2 aliphatic rings. The zero-order valence-corrected chi connectivity index (χ0v) is 17.5. The van der Waals surface area contributed by atoms with E-state index in [0.29, 0.717) is 19.3 Å². The number of ether oxygens (including phenoxy) is 1. The monoisotopic (exact) mass is 410 g/mol. The van der Waals surface area contributed by atoms with Gasteiger partial charge in [-0.15, -0.1) is 0 Å². The predicted octanol–water partition coefficient (Wildman–Crippen LogP) is 3.82. The molecule has 0 spiro atoms. The van der Waals surface area contributed by atoms with Crippen LogP contribution in [0.4, 0.5) is 27.8 Å². The van der Waals surface area contributed by atoms with Crippen molar-refractivity contribution in [3.05, 3.63) is 36.2 Å². The van der Waals surface area contributed by atoms with Gasteiger partial charge in [0.05, 0.1) is 13.2 Å². The van der Waals surface area contributed by atoms with Gasteiger partial charge in [0, 0.05) is 36.6 Å². The highest BCUT2D eigenvalue weighted by Gasteiger charge is 2.16. The van der Waals surface area contributed by atoms with Crippen molar-refractivity contribution in [2.45, 2.75) is 45.1 Å². The molecule has 2 fully saturated rings. The Bertz CT molecular complexity index is 845. The van der Waals surface area contributed by atoms with E-state index in [1.54, 1.807) is 0 Å². The standard InChI is InChI=1S/C22H30N6O2/c1-16-23-20(15-21(24-16)28-11-13-30-14-12-28)25-18-7-9-19(10-8-18)27-22(29)26-17-5-3-2-4-6-17/h7-10,15,17H,2-6,11-14H2,1H3,(H,23,24,25)(H2,26,27,29). The molecule has 30 heavy (non-hydrogen) atoms. The average Bonchev–Trinajstić information content (AvgIpc) is 2.76. The van der Waals surface area contributed by atoms with Gasteiger partial charge in [-0.05, 0) is 44.0 Å². The number of hydrogen-bond acceptors (Lipinski definition) is 6. The Morgan fingerprint density at radius 1 is 1.03 bits per heavy atom. The minimum absolute atomic E-state index is 0.135. The molecule has 160 valence electrons. The van der Waals surface area contributed by atoms with E-state index >= 15 is 0 Å². The minimum atomic E-state index is -0.135. The molecule has 1 aliphatic heterocycles. The Hall–Kier alpha value is -2.87. The van der Waals surface area contributed by atoms with Gasteiger partial charge in [0.15, 0.2) is 0 Å². The Kier molecular flexibility index (Phi) is 6.63. The number of aryl methyl sites for hydroxylation is 1. The van der Waals surface area contributed by atoms with Gasteiger partial charge in [0.25, 0.3) is 0 Å². The summed E-state index contributed by atoms with van der Waals surface area (Å²) in [6.45, 7) is 4.99. The Morgan fingerprint density at radius 2 is 1.73 bits per heavy atom. The van der Waals surface area contributed by atoms with Crippen molar-refractivity contribution in [3.63, 3.8) is 0 Å². The van der Waals surface area contributed by atoms with Crippen LogP contribution in [0, 0.1) is 6.92 Å². The number of benzene rings is 1. The first-order valence-electron chi connectivity index (χ1n) is 10.8. The smallest absolute Gasteiger partial charge is 0.319 e. The maximum atomic E-state index is 12.2. The van der Waals surface area contributed by atoms with Crippen molar-refractivity contribution in [2.75, 3.05) is 41.8 Å². The maximum Gasteiger partial charge on any atom is 0.319 e. The third-order valence-corrected chi connectivity index (χ3v) is 5.52. The first-order valence-corrected chi connectivity index (χ1v) is 10.8. The maximum absolute atomic E-state index is 12.2. The van der Waals surface area contributed by atoms with Crippen LogP contribution in [0.1, 0.15) is 37.9 Å². The highest BCUT2D eigenvalue weighted by molar-refractivity contribution is 5.89. The lowest BCUT2D eigenvalue weighted by Crippen LogP contribution is -2.38. The molecule has 2 amide bonds. The summed E-state index contributed by atoms with van der Waals surface area (Å²) in [5, 5.41) is 9.32. The first kappa shape index (κ1) is 20.4. The van der Waals surface area contributed by atoms with Crippen LogP contribution in [0.25, 0.3) is 0 Å². The van der Waals surface area contributed by atoms with Crippen LogP contribution in [0.15, 0.2) is 30.3 Å². The zero-order valence-electron chi connectivity index (χ0n) is 17.5. The molecular weight excluding hydrogens is 380 g/mol. The quantitative estimate of drug-likeness (QED) is 0.694. The fourth-order valence-electron chi connectivity index (χ4n) is 3.95. The van der Waals surface area contributed by atoms with Crippen LogP contribution < -0.4 is 20.9 Å². The average molecular weight is 411 g/mol. The number of amides is 2. The van der Waals surface area contributed by atoms with E-state index in [1.807, 2.05) is 37.3 Å². The fraction of sp³-hybridized carbons (Fsp3) is 0.500. The third kappa shape index (κ3) is 5.60. The molecule has 0 atom stereocenters. The molecule has 1 saturated carbocycles. The van der Waals surface area contributed by atoms with Gasteiger partial charge in [-0.1, -0.05) is 19.3 Å². The van der Waals surface area contributed by atoms with Crippen molar-refractivity contribution in [3.8, 4) is 0 Å². The molecule has 2 heterocycles. The fourth-order valence-corrected chi connectivity index (χ4v) is 3.95. The van der Waals surface area contributed by atoms with Crippen LogP contribution in [0.3, 0.4) is 0 Å². The number of carbonyl (C=O) groups excluding carboxylic acids is 1. The van der Waals surface area contributed by atoms with E-state index < -0.39 is 0 Å². The summed E-state index contributed by atoms with van der Waals surface area (Å²) >= 11 is 0. The minimum Gasteiger partial charge on any atom is -0.378 e. The molecule has 2 aromatic rings. The largest absolute Gasteiger partial charge is 0.378 e. The molecule has 1 saturated heterocycles. The van der Waals surface area contributed by atoms with Crippen molar-refractivity contribution in [2.24, 2.45) is 0 Å². The molecule has 3 N–H and O–H groups in total. The molecule has 0 bridgehead atoms. The summed E-state index contributed by atoms with van der Waals surface area (Å²) in [6.07, 6.45) is 5.80. The molecule has 1 aromatic heterocycles. The van der Waals surface area contributed by atoms with Crippen molar-refractivity contribution in [1.29, 1.82) is 0 Å². The predicted molar refractivity (Wildman–Crippen MR) is 119 cm³/mol.